The fraction of sp³-hybridized carbons (Fsp3) is 0.0952. The highest BCUT2D eigenvalue weighted by Crippen LogP contribution is 2.26. The second-order valence-corrected chi connectivity index (χ2v) is 10.00. The Kier molecular flexibility index (Phi) is 6.94. The number of ether oxygens (including phenoxy) is 1. The van der Waals surface area contributed by atoms with Crippen LogP contribution in [0.2, 0.25) is 0 Å². The van der Waals surface area contributed by atoms with Crippen molar-refractivity contribution in [3.8, 4) is 5.75 Å². The summed E-state index contributed by atoms with van der Waals surface area (Å²) in [5.74, 6) is -0.598. The van der Waals surface area contributed by atoms with Gasteiger partial charge in [0.15, 0.2) is 0 Å². The summed E-state index contributed by atoms with van der Waals surface area (Å²) >= 11 is 0. The van der Waals surface area contributed by atoms with E-state index in [0.717, 1.165) is 11.6 Å². The SMILES string of the molecule is COc1ccc(NC(=O)c2cccc(S(=O)(=O)NCc3ccccc3)c2)cc1S(N)(=O)=O. The standard InChI is InChI=1S/C21H21N3O6S2/c1-30-19-11-10-17(13-20(19)31(22,26)27)24-21(25)16-8-5-9-18(12-16)32(28,29)23-14-15-6-3-2-4-7-15/h2-13,23H,14H2,1H3,(H,24,25)(H2,22,26,27). The summed E-state index contributed by atoms with van der Waals surface area (Å²) in [4.78, 5) is 12.3. The van der Waals surface area contributed by atoms with E-state index < -0.39 is 26.0 Å². The van der Waals surface area contributed by atoms with Crippen LogP contribution in [0.4, 0.5) is 5.69 Å². The van der Waals surface area contributed by atoms with Gasteiger partial charge < -0.3 is 10.1 Å². The maximum Gasteiger partial charge on any atom is 0.255 e. The summed E-state index contributed by atoms with van der Waals surface area (Å²) in [5.41, 5.74) is 1.01. The number of primary sulfonamides is 1. The molecule has 0 saturated heterocycles. The highest BCUT2D eigenvalue weighted by atomic mass is 32.2. The second-order valence-electron chi connectivity index (χ2n) is 6.70. The number of methoxy groups -OCH3 is 1. The number of nitrogens with one attached hydrogen (secondary N) is 2. The number of hydrogen-bond acceptors (Lipinski definition) is 6. The Morgan fingerprint density at radius 3 is 2.31 bits per heavy atom. The molecule has 4 N–H and O–H groups in total. The largest absolute Gasteiger partial charge is 0.495 e. The Morgan fingerprint density at radius 1 is 0.938 bits per heavy atom. The van der Waals surface area contributed by atoms with Gasteiger partial charge in [0.05, 0.1) is 12.0 Å². The van der Waals surface area contributed by atoms with Crippen molar-refractivity contribution in [3.63, 3.8) is 0 Å². The molecule has 0 bridgehead atoms. The van der Waals surface area contributed by atoms with Crippen molar-refractivity contribution in [1.82, 2.24) is 4.72 Å². The van der Waals surface area contributed by atoms with Gasteiger partial charge in [-0.25, -0.2) is 26.7 Å². The summed E-state index contributed by atoms with van der Waals surface area (Å²) < 4.78 is 56.2. The minimum Gasteiger partial charge on any atom is -0.495 e. The first-order valence-corrected chi connectivity index (χ1v) is 12.3. The molecule has 0 heterocycles. The fourth-order valence-corrected chi connectivity index (χ4v) is 4.63. The number of rotatable bonds is 8. The Morgan fingerprint density at radius 2 is 1.66 bits per heavy atom. The summed E-state index contributed by atoms with van der Waals surface area (Å²) in [7, 11) is -6.66. The van der Waals surface area contributed by atoms with Crippen molar-refractivity contribution < 1.29 is 26.4 Å². The third-order valence-electron chi connectivity index (χ3n) is 4.44. The molecule has 3 rings (SSSR count). The van der Waals surface area contributed by atoms with Crippen LogP contribution in [-0.2, 0) is 26.6 Å². The molecule has 0 saturated carbocycles. The van der Waals surface area contributed by atoms with Crippen LogP contribution in [0.25, 0.3) is 0 Å². The van der Waals surface area contributed by atoms with Crippen molar-refractivity contribution in [2.45, 2.75) is 16.3 Å². The van der Waals surface area contributed by atoms with Gasteiger partial charge in [-0.15, -0.1) is 0 Å². The predicted octanol–water partition coefficient (Wildman–Crippen LogP) is 2.07. The van der Waals surface area contributed by atoms with Gasteiger partial charge in [0.1, 0.15) is 10.6 Å². The lowest BCUT2D eigenvalue weighted by Crippen LogP contribution is -2.23. The van der Waals surface area contributed by atoms with Gasteiger partial charge in [0.25, 0.3) is 5.91 Å². The van der Waals surface area contributed by atoms with Crippen molar-refractivity contribution in [3.05, 3.63) is 83.9 Å². The molecule has 168 valence electrons. The van der Waals surface area contributed by atoms with Crippen LogP contribution in [0.5, 0.6) is 5.75 Å². The molecule has 0 spiro atoms. The monoisotopic (exact) mass is 475 g/mol. The van der Waals surface area contributed by atoms with Crippen LogP contribution < -0.4 is 19.9 Å². The lowest BCUT2D eigenvalue weighted by molar-refractivity contribution is 0.102. The molecule has 0 aromatic heterocycles. The molecule has 0 fully saturated rings. The van der Waals surface area contributed by atoms with Gasteiger partial charge in [-0.1, -0.05) is 36.4 Å². The van der Waals surface area contributed by atoms with Crippen LogP contribution in [0.15, 0.2) is 82.6 Å². The van der Waals surface area contributed by atoms with E-state index in [0.29, 0.717) is 0 Å². The van der Waals surface area contributed by atoms with Crippen molar-refractivity contribution in [2.75, 3.05) is 12.4 Å². The summed E-state index contributed by atoms with van der Waals surface area (Å²) in [6.07, 6.45) is 0. The van der Waals surface area contributed by atoms with Gasteiger partial charge >= 0.3 is 0 Å². The van der Waals surface area contributed by atoms with Gasteiger partial charge in [0, 0.05) is 17.8 Å². The first-order valence-electron chi connectivity index (χ1n) is 9.26. The van der Waals surface area contributed by atoms with Crippen LogP contribution >= 0.6 is 0 Å². The van der Waals surface area contributed by atoms with Crippen molar-refractivity contribution in [1.29, 1.82) is 0 Å². The topological polar surface area (TPSA) is 145 Å². The zero-order chi connectivity index (χ0) is 23.4. The quantitative estimate of drug-likeness (QED) is 0.455. The smallest absolute Gasteiger partial charge is 0.255 e. The zero-order valence-electron chi connectivity index (χ0n) is 17.0. The van der Waals surface area contributed by atoms with Crippen molar-refractivity contribution in [2.24, 2.45) is 5.14 Å². The number of nitrogens with two attached hydrogens (primary N) is 1. The third kappa shape index (κ3) is 5.71. The van der Waals surface area contributed by atoms with Crippen LogP contribution in [-0.4, -0.2) is 29.9 Å². The number of sulfonamides is 2. The van der Waals surface area contributed by atoms with Crippen LogP contribution in [0, 0.1) is 0 Å². The average molecular weight is 476 g/mol. The van der Waals surface area contributed by atoms with Crippen LogP contribution in [0.1, 0.15) is 15.9 Å². The Labute approximate surface area is 186 Å². The van der Waals surface area contributed by atoms with Crippen LogP contribution in [0.3, 0.4) is 0 Å². The van der Waals surface area contributed by atoms with E-state index in [9.17, 15) is 21.6 Å². The lowest BCUT2D eigenvalue weighted by atomic mass is 10.2. The van der Waals surface area contributed by atoms with E-state index in [2.05, 4.69) is 10.0 Å². The summed E-state index contributed by atoms with van der Waals surface area (Å²) in [6.45, 7) is 0.0990. The Hall–Kier alpha value is -3.25. The molecular formula is C21H21N3O6S2. The second kappa shape index (κ2) is 9.49. The highest BCUT2D eigenvalue weighted by molar-refractivity contribution is 7.89. The predicted molar refractivity (Wildman–Crippen MR) is 119 cm³/mol. The van der Waals surface area contributed by atoms with Gasteiger partial charge in [0.2, 0.25) is 20.0 Å². The molecule has 32 heavy (non-hydrogen) atoms. The normalized spacial score (nSPS) is 11.7. The van der Waals surface area contributed by atoms with E-state index in [-0.39, 0.29) is 33.3 Å². The maximum atomic E-state index is 12.6. The molecule has 0 aliphatic rings. The molecule has 3 aromatic rings. The summed E-state index contributed by atoms with van der Waals surface area (Å²) in [5, 5.41) is 7.72. The number of anilines is 1. The van der Waals surface area contributed by atoms with Gasteiger partial charge in [-0.2, -0.15) is 0 Å². The first-order chi connectivity index (χ1) is 15.1. The molecular weight excluding hydrogens is 454 g/mol. The number of hydrogen-bond donors (Lipinski definition) is 3. The molecule has 11 heteroatoms. The minimum absolute atomic E-state index is 0.0306. The molecule has 1 amide bonds. The van der Waals surface area contributed by atoms with E-state index in [4.69, 9.17) is 9.88 Å². The zero-order valence-corrected chi connectivity index (χ0v) is 18.6. The van der Waals surface area contributed by atoms with Gasteiger partial charge in [-0.05, 0) is 42.0 Å². The highest BCUT2D eigenvalue weighted by Gasteiger charge is 2.19. The fourth-order valence-electron chi connectivity index (χ4n) is 2.84. The van der Waals surface area contributed by atoms with E-state index in [1.807, 2.05) is 6.07 Å². The molecule has 0 aliphatic carbocycles. The maximum absolute atomic E-state index is 12.6. The Bertz CT molecular complexity index is 1340. The number of benzene rings is 3. The van der Waals surface area contributed by atoms with E-state index in [1.165, 1.54) is 43.5 Å². The third-order valence-corrected chi connectivity index (χ3v) is 6.77. The summed E-state index contributed by atoms with van der Waals surface area (Å²) in [6, 6.07) is 18.4. The lowest BCUT2D eigenvalue weighted by Gasteiger charge is -2.11. The minimum atomic E-state index is -4.09. The first kappa shape index (κ1) is 23.4. The molecule has 9 nitrogen and oxygen atoms in total. The number of amides is 1. The molecule has 0 unspecified atom stereocenters. The molecule has 0 aliphatic heterocycles. The van der Waals surface area contributed by atoms with E-state index in [1.54, 1.807) is 24.3 Å². The van der Waals surface area contributed by atoms with Gasteiger partial charge in [-0.3, -0.25) is 4.79 Å². The Balaban J connectivity index is 1.80. The average Bonchev–Trinajstić information content (AvgIpc) is 2.78. The number of carbonyl (C=O) groups excluding carboxylic acids is 1. The molecule has 0 atom stereocenters. The molecule has 0 radical (unpaired) electrons. The van der Waals surface area contributed by atoms with E-state index >= 15 is 0 Å². The van der Waals surface area contributed by atoms with Crippen molar-refractivity contribution >= 4 is 31.6 Å². The molecule has 3 aromatic carbocycles. The number of carbonyl (C=O) groups is 1.